The molecule has 0 aliphatic heterocycles. The Morgan fingerprint density at radius 1 is 1.10 bits per heavy atom. The van der Waals surface area contributed by atoms with Crippen LogP contribution in [-0.2, 0) is 0 Å². The first-order valence-corrected chi connectivity index (χ1v) is 6.79. The molecular weight excluding hydrogens is 357 g/mol. The molecule has 0 saturated heterocycles. The fraction of sp³-hybridized carbons (Fsp3) is 0.143. The fourth-order valence-corrected chi connectivity index (χ4v) is 2.57. The zero-order valence-electron chi connectivity index (χ0n) is 10.3. The van der Waals surface area contributed by atoms with E-state index in [9.17, 15) is 13.2 Å². The first-order chi connectivity index (χ1) is 9.43. The van der Waals surface area contributed by atoms with E-state index in [1.165, 1.54) is 7.11 Å². The predicted molar refractivity (Wildman–Crippen MR) is 74.7 cm³/mol. The number of rotatable bonds is 3. The molecule has 2 rings (SSSR count). The number of alkyl halides is 1. The van der Waals surface area contributed by atoms with E-state index in [2.05, 4.69) is 15.9 Å². The van der Waals surface area contributed by atoms with Gasteiger partial charge in [-0.25, -0.2) is 13.2 Å². The number of benzene rings is 2. The van der Waals surface area contributed by atoms with Crippen LogP contribution in [0.5, 0.6) is 5.75 Å². The van der Waals surface area contributed by atoms with Crippen LogP contribution in [0.25, 0.3) is 0 Å². The molecule has 20 heavy (non-hydrogen) atoms. The van der Waals surface area contributed by atoms with E-state index in [0.29, 0.717) is 23.4 Å². The monoisotopic (exact) mass is 364 g/mol. The van der Waals surface area contributed by atoms with Crippen molar-refractivity contribution >= 4 is 27.5 Å². The summed E-state index contributed by atoms with van der Waals surface area (Å²) in [5, 5.41) is -1.13. The Labute approximate surface area is 127 Å². The minimum absolute atomic E-state index is 0.377. The molecule has 0 heterocycles. The number of methoxy groups -OCH3 is 1. The van der Waals surface area contributed by atoms with Gasteiger partial charge in [-0.3, -0.25) is 0 Å². The van der Waals surface area contributed by atoms with Gasteiger partial charge in [-0.05, 0) is 12.1 Å². The van der Waals surface area contributed by atoms with E-state index in [1.54, 1.807) is 18.2 Å². The molecule has 0 fully saturated rings. The van der Waals surface area contributed by atoms with Gasteiger partial charge in [-0.1, -0.05) is 22.0 Å². The molecule has 0 bridgehead atoms. The second-order valence-corrected chi connectivity index (χ2v) is 5.38. The van der Waals surface area contributed by atoms with E-state index >= 15 is 0 Å². The third kappa shape index (κ3) is 2.94. The summed E-state index contributed by atoms with van der Waals surface area (Å²) in [6.07, 6.45) is 0. The lowest BCUT2D eigenvalue weighted by Crippen LogP contribution is -2.04. The Kier molecular flexibility index (Phi) is 4.60. The molecule has 0 amide bonds. The van der Waals surface area contributed by atoms with Crippen molar-refractivity contribution in [1.29, 1.82) is 0 Å². The Hall–Kier alpha value is -1.20. The van der Waals surface area contributed by atoms with E-state index in [-0.39, 0.29) is 0 Å². The SMILES string of the molecule is COc1cc(Br)ccc1C(Cl)c1c(F)cc(F)cc1F. The van der Waals surface area contributed by atoms with Crippen LogP contribution in [0, 0.1) is 17.5 Å². The lowest BCUT2D eigenvalue weighted by atomic mass is 10.0. The van der Waals surface area contributed by atoms with Crippen LogP contribution in [0.15, 0.2) is 34.8 Å². The second-order valence-electron chi connectivity index (χ2n) is 4.03. The molecule has 0 aliphatic carbocycles. The van der Waals surface area contributed by atoms with Crippen LogP contribution in [-0.4, -0.2) is 7.11 Å². The molecule has 0 radical (unpaired) electrons. The summed E-state index contributed by atoms with van der Waals surface area (Å²) in [5.41, 5.74) is -0.0181. The Bertz CT molecular complexity index is 625. The van der Waals surface area contributed by atoms with Gasteiger partial charge in [0.2, 0.25) is 0 Å². The smallest absolute Gasteiger partial charge is 0.134 e. The molecule has 106 valence electrons. The summed E-state index contributed by atoms with van der Waals surface area (Å²) in [7, 11) is 1.42. The minimum Gasteiger partial charge on any atom is -0.496 e. The van der Waals surface area contributed by atoms with E-state index in [4.69, 9.17) is 16.3 Å². The van der Waals surface area contributed by atoms with Gasteiger partial charge in [0.1, 0.15) is 23.2 Å². The van der Waals surface area contributed by atoms with Gasteiger partial charge in [-0.2, -0.15) is 0 Å². The van der Waals surface area contributed by atoms with E-state index < -0.39 is 28.4 Å². The standard InChI is InChI=1S/C14H9BrClF3O/c1-20-12-4-7(15)2-3-9(12)14(16)13-10(18)5-8(17)6-11(13)19/h2-6,14H,1H3. The molecule has 2 aromatic carbocycles. The molecule has 0 N–H and O–H groups in total. The molecule has 2 aromatic rings. The van der Waals surface area contributed by atoms with Gasteiger partial charge in [0.15, 0.2) is 0 Å². The Morgan fingerprint density at radius 3 is 2.25 bits per heavy atom. The molecule has 0 aliphatic rings. The molecule has 1 unspecified atom stereocenters. The highest BCUT2D eigenvalue weighted by atomic mass is 79.9. The lowest BCUT2D eigenvalue weighted by Gasteiger charge is -2.16. The quantitative estimate of drug-likeness (QED) is 0.679. The highest BCUT2D eigenvalue weighted by molar-refractivity contribution is 9.10. The van der Waals surface area contributed by atoms with Gasteiger partial charge in [0, 0.05) is 27.7 Å². The maximum Gasteiger partial charge on any atom is 0.134 e. The minimum atomic E-state index is -1.13. The molecule has 0 saturated carbocycles. The summed E-state index contributed by atoms with van der Waals surface area (Å²) in [4.78, 5) is 0. The molecule has 1 atom stereocenters. The van der Waals surface area contributed by atoms with Crippen molar-refractivity contribution in [2.45, 2.75) is 5.38 Å². The lowest BCUT2D eigenvalue weighted by molar-refractivity contribution is 0.409. The summed E-state index contributed by atoms with van der Waals surface area (Å²) < 4.78 is 46.3. The van der Waals surface area contributed by atoms with Crippen LogP contribution in [0.3, 0.4) is 0 Å². The summed E-state index contributed by atoms with van der Waals surface area (Å²) >= 11 is 9.39. The third-order valence-electron chi connectivity index (χ3n) is 2.77. The van der Waals surface area contributed by atoms with Crippen molar-refractivity contribution in [3.63, 3.8) is 0 Å². The average molecular weight is 366 g/mol. The maximum atomic E-state index is 13.7. The van der Waals surface area contributed by atoms with Crippen LogP contribution in [0.4, 0.5) is 13.2 Å². The largest absolute Gasteiger partial charge is 0.496 e. The maximum absolute atomic E-state index is 13.7. The average Bonchev–Trinajstić information content (AvgIpc) is 2.37. The summed E-state index contributed by atoms with van der Waals surface area (Å²) in [5.74, 6) is -2.68. The van der Waals surface area contributed by atoms with Crippen molar-refractivity contribution in [1.82, 2.24) is 0 Å². The van der Waals surface area contributed by atoms with Crippen molar-refractivity contribution in [3.8, 4) is 5.75 Å². The van der Waals surface area contributed by atoms with Crippen LogP contribution >= 0.6 is 27.5 Å². The Balaban J connectivity index is 2.54. The number of ether oxygens (including phenoxy) is 1. The zero-order valence-corrected chi connectivity index (χ0v) is 12.6. The summed E-state index contributed by atoms with van der Waals surface area (Å²) in [6, 6.07) is 6.08. The van der Waals surface area contributed by atoms with Gasteiger partial charge in [-0.15, -0.1) is 11.6 Å². The first-order valence-electron chi connectivity index (χ1n) is 5.56. The van der Waals surface area contributed by atoms with Crippen LogP contribution in [0.2, 0.25) is 0 Å². The van der Waals surface area contributed by atoms with Gasteiger partial charge >= 0.3 is 0 Å². The number of hydrogen-bond donors (Lipinski definition) is 0. The highest BCUT2D eigenvalue weighted by Gasteiger charge is 2.23. The number of hydrogen-bond acceptors (Lipinski definition) is 1. The van der Waals surface area contributed by atoms with E-state index in [0.717, 1.165) is 4.47 Å². The second kappa shape index (κ2) is 6.06. The molecule has 0 spiro atoms. The fourth-order valence-electron chi connectivity index (χ4n) is 1.85. The van der Waals surface area contributed by atoms with Crippen molar-refractivity contribution in [2.24, 2.45) is 0 Å². The normalized spacial score (nSPS) is 12.3. The Morgan fingerprint density at radius 2 is 1.70 bits per heavy atom. The van der Waals surface area contributed by atoms with Gasteiger partial charge in [0.05, 0.1) is 12.5 Å². The predicted octanol–water partition coefficient (Wildman–Crippen LogP) is 5.20. The first kappa shape index (κ1) is 15.2. The van der Waals surface area contributed by atoms with Gasteiger partial charge < -0.3 is 4.74 Å². The molecule has 1 nitrogen and oxygen atoms in total. The third-order valence-corrected chi connectivity index (χ3v) is 3.71. The van der Waals surface area contributed by atoms with Crippen LogP contribution in [0.1, 0.15) is 16.5 Å². The topological polar surface area (TPSA) is 9.23 Å². The van der Waals surface area contributed by atoms with Crippen molar-refractivity contribution in [2.75, 3.05) is 7.11 Å². The summed E-state index contributed by atoms with van der Waals surface area (Å²) in [6.45, 7) is 0. The van der Waals surface area contributed by atoms with E-state index in [1.807, 2.05) is 0 Å². The van der Waals surface area contributed by atoms with Crippen molar-refractivity contribution in [3.05, 3.63) is 63.4 Å². The molecular formula is C14H9BrClF3O. The molecule has 0 aromatic heterocycles. The van der Waals surface area contributed by atoms with Gasteiger partial charge in [0.25, 0.3) is 0 Å². The number of halogens is 5. The molecule has 6 heteroatoms. The highest BCUT2D eigenvalue weighted by Crippen LogP contribution is 2.38. The zero-order chi connectivity index (χ0) is 14.9. The van der Waals surface area contributed by atoms with Crippen LogP contribution < -0.4 is 4.74 Å². The van der Waals surface area contributed by atoms with Crippen molar-refractivity contribution < 1.29 is 17.9 Å².